The molecule has 0 amide bonds. The molecule has 1 aliphatic carbocycles. The van der Waals surface area contributed by atoms with Gasteiger partial charge in [0.25, 0.3) is 0 Å². The molecule has 0 bridgehead atoms. The highest BCUT2D eigenvalue weighted by molar-refractivity contribution is 5.73. The number of rotatable bonds is 2. The number of pyridine rings is 1. The minimum absolute atomic E-state index is 0.640. The molecule has 0 radical (unpaired) electrons. The molecule has 2 nitrogen and oxygen atoms in total. The average Bonchev–Trinajstić information content (AvgIpc) is 2.71. The molecule has 2 rings (SSSR count). The van der Waals surface area contributed by atoms with Gasteiger partial charge in [-0.25, -0.2) is 0 Å². The van der Waals surface area contributed by atoms with Gasteiger partial charge >= 0.3 is 0 Å². The Labute approximate surface area is 78.0 Å². The quantitative estimate of drug-likeness (QED) is 0.646. The van der Waals surface area contributed by atoms with Gasteiger partial charge in [-0.1, -0.05) is 12.8 Å². The first kappa shape index (κ1) is 8.42. The fourth-order valence-corrected chi connectivity index (χ4v) is 1.95. The van der Waals surface area contributed by atoms with Crippen LogP contribution in [0.2, 0.25) is 0 Å². The van der Waals surface area contributed by atoms with Crippen LogP contribution in [-0.4, -0.2) is 11.3 Å². The van der Waals surface area contributed by atoms with Gasteiger partial charge in [-0.2, -0.15) is 0 Å². The number of aromatic nitrogens is 1. The maximum Gasteiger partial charge on any atom is 0.151 e. The molecular weight excluding hydrogens is 162 g/mol. The van der Waals surface area contributed by atoms with Crippen molar-refractivity contribution in [1.29, 1.82) is 0 Å². The second kappa shape index (κ2) is 3.69. The highest BCUT2D eigenvalue weighted by Crippen LogP contribution is 2.32. The van der Waals surface area contributed by atoms with Crippen molar-refractivity contribution in [3.8, 4) is 0 Å². The van der Waals surface area contributed by atoms with Crippen LogP contribution in [0.3, 0.4) is 0 Å². The second-order valence-corrected chi connectivity index (χ2v) is 3.62. The van der Waals surface area contributed by atoms with Gasteiger partial charge in [-0.15, -0.1) is 0 Å². The standard InChI is InChI=1S/C11H13NO/c13-8-9-5-6-11(12-7-9)10-3-1-2-4-10/h5-8,10H,1-4H2. The summed E-state index contributed by atoms with van der Waals surface area (Å²) in [5, 5.41) is 0. The lowest BCUT2D eigenvalue weighted by Gasteiger charge is -2.07. The van der Waals surface area contributed by atoms with Crippen molar-refractivity contribution in [3.05, 3.63) is 29.6 Å². The first-order valence-electron chi connectivity index (χ1n) is 4.81. The Balaban J connectivity index is 2.16. The van der Waals surface area contributed by atoms with E-state index in [1.807, 2.05) is 12.1 Å². The van der Waals surface area contributed by atoms with E-state index in [9.17, 15) is 4.79 Å². The van der Waals surface area contributed by atoms with E-state index in [-0.39, 0.29) is 0 Å². The maximum atomic E-state index is 10.4. The van der Waals surface area contributed by atoms with Gasteiger partial charge < -0.3 is 0 Å². The fraction of sp³-hybridized carbons (Fsp3) is 0.455. The number of carbonyl (C=O) groups is 1. The van der Waals surface area contributed by atoms with Crippen LogP contribution in [0, 0.1) is 0 Å². The van der Waals surface area contributed by atoms with Crippen LogP contribution in [-0.2, 0) is 0 Å². The van der Waals surface area contributed by atoms with Crippen LogP contribution in [0.5, 0.6) is 0 Å². The zero-order valence-corrected chi connectivity index (χ0v) is 7.57. The molecule has 68 valence electrons. The van der Waals surface area contributed by atoms with E-state index in [2.05, 4.69) is 4.98 Å². The number of carbonyl (C=O) groups excluding carboxylic acids is 1. The van der Waals surface area contributed by atoms with Crippen LogP contribution >= 0.6 is 0 Å². The summed E-state index contributed by atoms with van der Waals surface area (Å²) in [5.41, 5.74) is 1.82. The van der Waals surface area contributed by atoms with Crippen molar-refractivity contribution in [1.82, 2.24) is 4.98 Å². The molecule has 0 spiro atoms. The molecule has 13 heavy (non-hydrogen) atoms. The number of nitrogens with zero attached hydrogens (tertiary/aromatic N) is 1. The topological polar surface area (TPSA) is 30.0 Å². The number of hydrogen-bond acceptors (Lipinski definition) is 2. The molecule has 0 atom stereocenters. The third-order valence-electron chi connectivity index (χ3n) is 2.72. The van der Waals surface area contributed by atoms with Crippen LogP contribution in [0.25, 0.3) is 0 Å². The first-order valence-corrected chi connectivity index (χ1v) is 4.81. The monoisotopic (exact) mass is 175 g/mol. The fourth-order valence-electron chi connectivity index (χ4n) is 1.95. The van der Waals surface area contributed by atoms with Crippen molar-refractivity contribution < 1.29 is 4.79 Å². The summed E-state index contributed by atoms with van der Waals surface area (Å²) < 4.78 is 0. The molecule has 0 saturated heterocycles. The van der Waals surface area contributed by atoms with Gasteiger partial charge in [0.05, 0.1) is 0 Å². The lowest BCUT2D eigenvalue weighted by Crippen LogP contribution is -1.96. The predicted octanol–water partition coefficient (Wildman–Crippen LogP) is 2.55. The van der Waals surface area contributed by atoms with Gasteiger partial charge in [0.15, 0.2) is 6.29 Å². The van der Waals surface area contributed by atoms with Crippen molar-refractivity contribution in [3.63, 3.8) is 0 Å². The Morgan fingerprint density at radius 3 is 2.62 bits per heavy atom. The molecule has 1 aromatic heterocycles. The lowest BCUT2D eigenvalue weighted by atomic mass is 10.0. The Bertz CT molecular complexity index is 285. The molecule has 1 fully saturated rings. The molecule has 1 aliphatic rings. The normalized spacial score (nSPS) is 17.5. The first-order chi connectivity index (χ1) is 6.40. The molecule has 2 heteroatoms. The van der Waals surface area contributed by atoms with Crippen molar-refractivity contribution in [2.75, 3.05) is 0 Å². The smallest absolute Gasteiger partial charge is 0.151 e. The third-order valence-corrected chi connectivity index (χ3v) is 2.72. The van der Waals surface area contributed by atoms with Gasteiger partial charge in [-0.3, -0.25) is 9.78 Å². The summed E-state index contributed by atoms with van der Waals surface area (Å²) in [7, 11) is 0. The van der Waals surface area contributed by atoms with Crippen molar-refractivity contribution in [2.24, 2.45) is 0 Å². The Morgan fingerprint density at radius 2 is 2.08 bits per heavy atom. The number of aldehydes is 1. The summed E-state index contributed by atoms with van der Waals surface area (Å²) in [6.07, 6.45) is 7.66. The molecule has 0 aliphatic heterocycles. The zero-order chi connectivity index (χ0) is 9.10. The molecule has 1 heterocycles. The summed E-state index contributed by atoms with van der Waals surface area (Å²) in [6.45, 7) is 0. The maximum absolute atomic E-state index is 10.4. The minimum atomic E-state index is 0.640. The predicted molar refractivity (Wildman–Crippen MR) is 50.8 cm³/mol. The van der Waals surface area contributed by atoms with Crippen LogP contribution in [0.4, 0.5) is 0 Å². The molecule has 0 N–H and O–H groups in total. The van der Waals surface area contributed by atoms with E-state index < -0.39 is 0 Å². The van der Waals surface area contributed by atoms with Gasteiger partial charge in [0, 0.05) is 23.4 Å². The van der Waals surface area contributed by atoms with Crippen molar-refractivity contribution >= 4 is 6.29 Å². The number of hydrogen-bond donors (Lipinski definition) is 0. The third kappa shape index (κ3) is 1.77. The lowest BCUT2D eigenvalue weighted by molar-refractivity contribution is 0.112. The molecule has 0 aromatic carbocycles. The Morgan fingerprint density at radius 1 is 1.31 bits per heavy atom. The zero-order valence-electron chi connectivity index (χ0n) is 7.57. The summed E-state index contributed by atoms with van der Waals surface area (Å²) >= 11 is 0. The largest absolute Gasteiger partial charge is 0.298 e. The summed E-state index contributed by atoms with van der Waals surface area (Å²) in [4.78, 5) is 14.7. The van der Waals surface area contributed by atoms with Crippen LogP contribution in [0.1, 0.15) is 47.7 Å². The van der Waals surface area contributed by atoms with Gasteiger partial charge in [0.2, 0.25) is 0 Å². The molecule has 1 saturated carbocycles. The summed E-state index contributed by atoms with van der Waals surface area (Å²) in [6, 6.07) is 3.84. The molecular formula is C11H13NO. The van der Waals surface area contributed by atoms with Crippen molar-refractivity contribution in [2.45, 2.75) is 31.6 Å². The SMILES string of the molecule is O=Cc1ccc(C2CCCC2)nc1. The highest BCUT2D eigenvalue weighted by atomic mass is 16.1. The molecule has 0 unspecified atom stereocenters. The van der Waals surface area contributed by atoms with E-state index in [0.29, 0.717) is 11.5 Å². The van der Waals surface area contributed by atoms with E-state index in [0.717, 1.165) is 12.0 Å². The van der Waals surface area contributed by atoms with E-state index in [1.54, 1.807) is 6.20 Å². The van der Waals surface area contributed by atoms with Gasteiger partial charge in [-0.05, 0) is 25.0 Å². The molecule has 1 aromatic rings. The van der Waals surface area contributed by atoms with Crippen LogP contribution in [0.15, 0.2) is 18.3 Å². The second-order valence-electron chi connectivity index (χ2n) is 3.62. The minimum Gasteiger partial charge on any atom is -0.298 e. The van der Waals surface area contributed by atoms with Gasteiger partial charge in [0.1, 0.15) is 0 Å². The van der Waals surface area contributed by atoms with E-state index in [1.165, 1.54) is 25.7 Å². The average molecular weight is 175 g/mol. The van der Waals surface area contributed by atoms with Crippen LogP contribution < -0.4 is 0 Å². The van der Waals surface area contributed by atoms with E-state index in [4.69, 9.17) is 0 Å². The Kier molecular flexibility index (Phi) is 2.39. The Hall–Kier alpha value is -1.18. The highest BCUT2D eigenvalue weighted by Gasteiger charge is 2.17. The van der Waals surface area contributed by atoms with E-state index >= 15 is 0 Å². The summed E-state index contributed by atoms with van der Waals surface area (Å²) in [5.74, 6) is 0.640.